The van der Waals surface area contributed by atoms with Crippen molar-refractivity contribution in [2.45, 2.75) is 31.5 Å². The third kappa shape index (κ3) is 6.14. The Hall–Kier alpha value is -2.31. The van der Waals surface area contributed by atoms with Crippen molar-refractivity contribution in [1.82, 2.24) is 5.32 Å². The predicted octanol–water partition coefficient (Wildman–Crippen LogP) is 2.87. The average molecular weight is 329 g/mol. The number of rotatable bonds is 7. The summed E-state index contributed by atoms with van der Waals surface area (Å²) in [6.07, 6.45) is -2.08. The van der Waals surface area contributed by atoms with Crippen molar-refractivity contribution in [2.75, 3.05) is 7.11 Å². The highest BCUT2D eigenvalue weighted by Gasteiger charge is 2.30. The fraction of sp³-hybridized carbons (Fsp3) is 0.375. The second kappa shape index (κ2) is 8.36. The largest absolute Gasteiger partial charge is 0.467 e. The van der Waals surface area contributed by atoms with E-state index >= 15 is 0 Å². The van der Waals surface area contributed by atoms with Crippen LogP contribution in [-0.4, -0.2) is 25.0 Å². The van der Waals surface area contributed by atoms with Crippen LogP contribution < -0.4 is 5.32 Å². The number of halogens is 3. The molecule has 0 saturated heterocycles. The minimum absolute atomic E-state index is 0.125. The molecule has 1 amide bonds. The molecule has 0 fully saturated rings. The van der Waals surface area contributed by atoms with Gasteiger partial charge >= 0.3 is 12.1 Å². The first-order valence-electron chi connectivity index (χ1n) is 6.92. The molecule has 7 heteroatoms. The number of allylic oxidation sites excluding steroid dienone is 1. The highest BCUT2D eigenvalue weighted by molar-refractivity contribution is 5.85. The number of esters is 1. The van der Waals surface area contributed by atoms with Crippen molar-refractivity contribution in [3.8, 4) is 0 Å². The molecule has 4 nitrogen and oxygen atoms in total. The van der Waals surface area contributed by atoms with Crippen LogP contribution in [0.3, 0.4) is 0 Å². The Morgan fingerprint density at radius 1 is 1.30 bits per heavy atom. The van der Waals surface area contributed by atoms with Gasteiger partial charge in [-0.2, -0.15) is 13.2 Å². The molecule has 1 aromatic carbocycles. The Kier molecular flexibility index (Phi) is 6.81. The van der Waals surface area contributed by atoms with Gasteiger partial charge in [-0.05, 0) is 30.5 Å². The van der Waals surface area contributed by atoms with E-state index in [1.54, 1.807) is 6.08 Å². The first kappa shape index (κ1) is 18.7. The average Bonchev–Trinajstić information content (AvgIpc) is 2.50. The number of alkyl halides is 3. The number of carbonyl (C=O) groups is 2. The molecule has 126 valence electrons. The zero-order chi connectivity index (χ0) is 17.5. The van der Waals surface area contributed by atoms with Gasteiger partial charge in [-0.3, -0.25) is 4.79 Å². The lowest BCUT2D eigenvalue weighted by molar-refractivity contribution is -0.145. The molecule has 0 unspecified atom stereocenters. The zero-order valence-electron chi connectivity index (χ0n) is 12.7. The third-order valence-corrected chi connectivity index (χ3v) is 3.13. The van der Waals surface area contributed by atoms with Gasteiger partial charge in [0.2, 0.25) is 5.91 Å². The van der Waals surface area contributed by atoms with Gasteiger partial charge in [0.1, 0.15) is 6.04 Å². The van der Waals surface area contributed by atoms with Crippen LogP contribution in [0.1, 0.15) is 24.0 Å². The molecule has 23 heavy (non-hydrogen) atoms. The molecular formula is C16H18F3NO3. The van der Waals surface area contributed by atoms with Gasteiger partial charge in [0.25, 0.3) is 0 Å². The molecule has 0 aliphatic rings. The van der Waals surface area contributed by atoms with Crippen LogP contribution in [0.25, 0.3) is 0 Å². The molecular weight excluding hydrogens is 311 g/mol. The van der Waals surface area contributed by atoms with Crippen molar-refractivity contribution in [3.05, 3.63) is 48.0 Å². The fourth-order valence-corrected chi connectivity index (χ4v) is 1.92. The van der Waals surface area contributed by atoms with E-state index in [9.17, 15) is 22.8 Å². The van der Waals surface area contributed by atoms with E-state index in [-0.39, 0.29) is 6.42 Å². The normalized spacial score (nSPS) is 12.3. The molecule has 1 aromatic rings. The van der Waals surface area contributed by atoms with Crippen LogP contribution >= 0.6 is 0 Å². The van der Waals surface area contributed by atoms with Crippen LogP contribution in [0.5, 0.6) is 0 Å². The quantitative estimate of drug-likeness (QED) is 0.618. The Morgan fingerprint density at radius 3 is 2.39 bits per heavy atom. The molecule has 0 bridgehead atoms. The Balaban J connectivity index is 2.67. The Bertz CT molecular complexity index is 553. The molecule has 1 N–H and O–H groups in total. The fourth-order valence-electron chi connectivity index (χ4n) is 1.92. The first-order valence-corrected chi connectivity index (χ1v) is 6.92. The smallest absolute Gasteiger partial charge is 0.416 e. The van der Waals surface area contributed by atoms with Crippen molar-refractivity contribution in [3.63, 3.8) is 0 Å². The van der Waals surface area contributed by atoms with Crippen LogP contribution in [0.2, 0.25) is 0 Å². The van der Waals surface area contributed by atoms with Gasteiger partial charge in [0, 0.05) is 0 Å². The van der Waals surface area contributed by atoms with Crippen LogP contribution in [-0.2, 0) is 26.9 Å². The number of hydrogen-bond acceptors (Lipinski definition) is 3. The number of ether oxygens (including phenoxy) is 1. The van der Waals surface area contributed by atoms with E-state index in [0.717, 1.165) is 12.1 Å². The van der Waals surface area contributed by atoms with E-state index in [1.807, 2.05) is 0 Å². The predicted molar refractivity (Wildman–Crippen MR) is 78.5 cm³/mol. The summed E-state index contributed by atoms with van der Waals surface area (Å²) in [5, 5.41) is 2.51. The van der Waals surface area contributed by atoms with Crippen molar-refractivity contribution >= 4 is 11.9 Å². The summed E-state index contributed by atoms with van der Waals surface area (Å²) in [4.78, 5) is 23.5. The van der Waals surface area contributed by atoms with Gasteiger partial charge in [-0.25, -0.2) is 4.79 Å². The lowest BCUT2D eigenvalue weighted by atomic mass is 10.1. The Morgan fingerprint density at radius 2 is 1.91 bits per heavy atom. The number of hydrogen-bond donors (Lipinski definition) is 1. The SMILES string of the molecule is C=CCC[C@H](NC(=O)Cc1ccc(C(F)(F)F)cc1)C(=O)OC. The monoisotopic (exact) mass is 329 g/mol. The Labute approximate surface area is 132 Å². The summed E-state index contributed by atoms with van der Waals surface area (Å²) < 4.78 is 42.0. The summed E-state index contributed by atoms with van der Waals surface area (Å²) in [5.74, 6) is -1.04. The molecule has 0 heterocycles. The van der Waals surface area contributed by atoms with Gasteiger partial charge in [-0.15, -0.1) is 6.58 Å². The molecule has 0 aromatic heterocycles. The summed E-state index contributed by atoms with van der Waals surface area (Å²) in [5.41, 5.74) is -0.358. The number of carbonyl (C=O) groups excluding carboxylic acids is 2. The molecule has 1 atom stereocenters. The number of nitrogens with one attached hydrogen (secondary N) is 1. The number of benzene rings is 1. The zero-order valence-corrected chi connectivity index (χ0v) is 12.7. The highest BCUT2D eigenvalue weighted by Crippen LogP contribution is 2.29. The maximum Gasteiger partial charge on any atom is 0.416 e. The first-order chi connectivity index (χ1) is 10.8. The number of amides is 1. The maximum atomic E-state index is 12.5. The lowest BCUT2D eigenvalue weighted by Crippen LogP contribution is -2.42. The molecule has 0 aliphatic carbocycles. The van der Waals surface area contributed by atoms with Gasteiger partial charge in [0.15, 0.2) is 0 Å². The molecule has 0 saturated carbocycles. The molecule has 1 rings (SSSR count). The highest BCUT2D eigenvalue weighted by atomic mass is 19.4. The minimum atomic E-state index is -4.42. The van der Waals surface area contributed by atoms with E-state index in [4.69, 9.17) is 0 Å². The van der Waals surface area contributed by atoms with Crippen LogP contribution in [0.4, 0.5) is 13.2 Å². The third-order valence-electron chi connectivity index (χ3n) is 3.13. The van der Waals surface area contributed by atoms with Crippen molar-refractivity contribution < 1.29 is 27.5 Å². The van der Waals surface area contributed by atoms with Crippen molar-refractivity contribution in [2.24, 2.45) is 0 Å². The van der Waals surface area contributed by atoms with E-state index in [0.29, 0.717) is 18.4 Å². The number of methoxy groups -OCH3 is 1. The molecule has 0 radical (unpaired) electrons. The van der Waals surface area contributed by atoms with E-state index in [2.05, 4.69) is 16.6 Å². The second-order valence-corrected chi connectivity index (χ2v) is 4.88. The van der Waals surface area contributed by atoms with Crippen LogP contribution in [0, 0.1) is 0 Å². The summed E-state index contributed by atoms with van der Waals surface area (Å²) in [7, 11) is 1.21. The van der Waals surface area contributed by atoms with E-state index in [1.165, 1.54) is 19.2 Å². The van der Waals surface area contributed by atoms with Crippen LogP contribution in [0.15, 0.2) is 36.9 Å². The lowest BCUT2D eigenvalue weighted by Gasteiger charge is -2.16. The summed E-state index contributed by atoms with van der Waals surface area (Å²) in [6, 6.07) is 3.49. The molecule has 0 spiro atoms. The van der Waals surface area contributed by atoms with Gasteiger partial charge in [-0.1, -0.05) is 18.2 Å². The van der Waals surface area contributed by atoms with E-state index < -0.39 is 29.7 Å². The second-order valence-electron chi connectivity index (χ2n) is 4.88. The summed E-state index contributed by atoms with van der Waals surface area (Å²) in [6.45, 7) is 3.54. The maximum absolute atomic E-state index is 12.5. The van der Waals surface area contributed by atoms with Gasteiger partial charge < -0.3 is 10.1 Å². The standard InChI is InChI=1S/C16H18F3NO3/c1-3-4-5-13(15(22)23-2)20-14(21)10-11-6-8-12(9-7-11)16(17,18)19/h3,6-9,13H,1,4-5,10H2,2H3,(H,20,21)/t13-/m0/s1. The summed E-state index contributed by atoms with van der Waals surface area (Å²) >= 11 is 0. The minimum Gasteiger partial charge on any atom is -0.467 e. The molecule has 0 aliphatic heterocycles. The topological polar surface area (TPSA) is 55.4 Å². The van der Waals surface area contributed by atoms with Gasteiger partial charge in [0.05, 0.1) is 19.1 Å². The van der Waals surface area contributed by atoms with Crippen molar-refractivity contribution in [1.29, 1.82) is 0 Å².